The van der Waals surface area contributed by atoms with Gasteiger partial charge in [0, 0.05) is 49.5 Å². The predicted octanol–water partition coefficient (Wildman–Crippen LogP) is 4.04. The first-order valence-electron chi connectivity index (χ1n) is 10.2. The highest BCUT2D eigenvalue weighted by atomic mass is 19.1. The van der Waals surface area contributed by atoms with E-state index in [1.807, 2.05) is 12.1 Å². The third kappa shape index (κ3) is 3.84. The quantitative estimate of drug-likeness (QED) is 0.449. The summed E-state index contributed by atoms with van der Waals surface area (Å²) in [5, 5.41) is 11.9. The molecule has 0 aliphatic carbocycles. The van der Waals surface area contributed by atoms with Crippen molar-refractivity contribution in [1.29, 1.82) is 0 Å². The summed E-state index contributed by atoms with van der Waals surface area (Å²) in [7, 11) is 1.56. The first-order valence-corrected chi connectivity index (χ1v) is 10.2. The average molecular weight is 423 g/mol. The van der Waals surface area contributed by atoms with E-state index >= 15 is 0 Å². The van der Waals surface area contributed by atoms with Crippen LogP contribution in [0.1, 0.15) is 12.8 Å². The Bertz CT molecular complexity index is 1180. The summed E-state index contributed by atoms with van der Waals surface area (Å²) in [6.07, 6.45) is 4.20. The number of fused-ring (bicyclic) bond motifs is 1. The zero-order chi connectivity index (χ0) is 21.2. The van der Waals surface area contributed by atoms with Gasteiger partial charge in [-0.1, -0.05) is 5.16 Å². The summed E-state index contributed by atoms with van der Waals surface area (Å²) in [4.78, 5) is 6.83. The van der Waals surface area contributed by atoms with E-state index in [0.717, 1.165) is 24.5 Å². The van der Waals surface area contributed by atoms with Crippen molar-refractivity contribution in [3.05, 3.63) is 42.3 Å². The number of aromatic nitrogens is 4. The number of hydrogen-bond acceptors (Lipinski definition) is 7. The summed E-state index contributed by atoms with van der Waals surface area (Å²) < 4.78 is 30.3. The molecule has 0 unspecified atom stereocenters. The van der Waals surface area contributed by atoms with Crippen LogP contribution >= 0.6 is 0 Å². The number of aromatic amines is 1. The first-order chi connectivity index (χ1) is 15.2. The molecule has 3 aromatic heterocycles. The lowest BCUT2D eigenvalue weighted by Crippen LogP contribution is -2.18. The van der Waals surface area contributed by atoms with Gasteiger partial charge in [0.1, 0.15) is 23.8 Å². The fourth-order valence-corrected chi connectivity index (χ4v) is 3.75. The Balaban J connectivity index is 1.39. The summed E-state index contributed by atoms with van der Waals surface area (Å²) in [6.45, 7) is 2.72. The van der Waals surface area contributed by atoms with Crippen LogP contribution in [0.3, 0.4) is 0 Å². The molecule has 31 heavy (non-hydrogen) atoms. The summed E-state index contributed by atoms with van der Waals surface area (Å²) in [5.41, 5.74) is 2.61. The minimum absolute atomic E-state index is 0.141. The van der Waals surface area contributed by atoms with Crippen LogP contribution in [0.25, 0.3) is 33.6 Å². The summed E-state index contributed by atoms with van der Waals surface area (Å²) >= 11 is 0. The van der Waals surface area contributed by atoms with Crippen LogP contribution in [0, 0.1) is 5.82 Å². The number of nitrogens with zero attached hydrogens (tertiary/aromatic N) is 4. The number of halogens is 1. The van der Waals surface area contributed by atoms with Gasteiger partial charge >= 0.3 is 0 Å². The fraction of sp³-hybridized carbons (Fsp3) is 0.318. The average Bonchev–Trinajstić information content (AvgIpc) is 3.55. The number of ether oxygens (including phenoxy) is 2. The van der Waals surface area contributed by atoms with Crippen molar-refractivity contribution in [3.8, 4) is 28.5 Å². The highest BCUT2D eigenvalue weighted by Gasteiger charge is 2.18. The molecule has 0 amide bonds. The van der Waals surface area contributed by atoms with Gasteiger partial charge in [-0.3, -0.25) is 5.10 Å². The van der Waals surface area contributed by atoms with Gasteiger partial charge < -0.3 is 18.9 Å². The third-order valence-electron chi connectivity index (χ3n) is 5.38. The maximum absolute atomic E-state index is 14.5. The zero-order valence-corrected chi connectivity index (χ0v) is 17.1. The van der Waals surface area contributed by atoms with Gasteiger partial charge in [-0.15, -0.1) is 0 Å². The molecule has 9 heteroatoms. The van der Waals surface area contributed by atoms with Crippen LogP contribution in [0.15, 0.2) is 41.1 Å². The smallest absolute Gasteiger partial charge is 0.188 e. The zero-order valence-electron chi connectivity index (χ0n) is 17.1. The molecule has 0 atom stereocenters. The topological polar surface area (TPSA) is 89.3 Å². The van der Waals surface area contributed by atoms with Crippen LogP contribution in [0.5, 0.6) is 5.75 Å². The maximum Gasteiger partial charge on any atom is 0.188 e. The van der Waals surface area contributed by atoms with Crippen molar-refractivity contribution < 1.29 is 18.4 Å². The Hall–Kier alpha value is -3.46. The lowest BCUT2D eigenvalue weighted by Gasteiger charge is -2.15. The number of H-pyrrole nitrogens is 1. The van der Waals surface area contributed by atoms with Crippen molar-refractivity contribution >= 4 is 16.7 Å². The van der Waals surface area contributed by atoms with Gasteiger partial charge in [-0.2, -0.15) is 5.10 Å². The molecule has 1 saturated heterocycles. The standard InChI is InChI=1S/C22H22FN5O3/c1-29-8-9-30-19-12-18-15(10-16(19)23)22(26-25-18)20-11-17(27-31-20)14-4-5-21(24-13-14)28-6-2-3-7-28/h4-5,10-13H,2-3,6-9H2,1H3,(H,25,26). The van der Waals surface area contributed by atoms with Crippen LogP contribution in [0.2, 0.25) is 0 Å². The molecule has 4 heterocycles. The van der Waals surface area contributed by atoms with E-state index in [2.05, 4.69) is 25.2 Å². The lowest BCUT2D eigenvalue weighted by molar-refractivity contribution is 0.144. The van der Waals surface area contributed by atoms with Crippen molar-refractivity contribution in [3.63, 3.8) is 0 Å². The summed E-state index contributed by atoms with van der Waals surface area (Å²) in [6, 6.07) is 8.72. The predicted molar refractivity (Wildman–Crippen MR) is 114 cm³/mol. The molecule has 5 rings (SSSR count). The minimum atomic E-state index is -0.479. The Labute approximate surface area is 178 Å². The number of anilines is 1. The largest absolute Gasteiger partial charge is 0.488 e. The molecule has 0 radical (unpaired) electrons. The number of nitrogens with one attached hydrogen (secondary N) is 1. The molecule has 1 N–H and O–H groups in total. The molecule has 1 fully saturated rings. The summed E-state index contributed by atoms with van der Waals surface area (Å²) in [5.74, 6) is 1.08. The molecule has 1 aliphatic heterocycles. The van der Waals surface area contributed by atoms with E-state index in [1.165, 1.54) is 18.9 Å². The van der Waals surface area contributed by atoms with Gasteiger partial charge in [0.2, 0.25) is 0 Å². The van der Waals surface area contributed by atoms with E-state index in [9.17, 15) is 4.39 Å². The molecule has 1 aromatic carbocycles. The lowest BCUT2D eigenvalue weighted by atomic mass is 10.1. The Morgan fingerprint density at radius 3 is 2.81 bits per heavy atom. The van der Waals surface area contributed by atoms with Gasteiger partial charge in [0.15, 0.2) is 17.3 Å². The molecule has 1 aliphatic rings. The second-order valence-corrected chi connectivity index (χ2v) is 7.42. The van der Waals surface area contributed by atoms with Crippen molar-refractivity contribution in [2.24, 2.45) is 0 Å². The van der Waals surface area contributed by atoms with E-state index in [-0.39, 0.29) is 12.4 Å². The second-order valence-electron chi connectivity index (χ2n) is 7.42. The molecule has 4 aromatic rings. The van der Waals surface area contributed by atoms with Crippen molar-refractivity contribution in [2.75, 3.05) is 38.3 Å². The maximum atomic E-state index is 14.5. The normalized spacial score (nSPS) is 13.9. The monoisotopic (exact) mass is 423 g/mol. The first kappa shape index (κ1) is 19.5. The number of benzene rings is 1. The SMILES string of the molecule is COCCOc1cc2[nH]nc(-c3cc(-c4ccc(N5CCCC5)nc4)no3)c2cc1F. The van der Waals surface area contributed by atoms with Gasteiger partial charge in [0.05, 0.1) is 12.1 Å². The van der Waals surface area contributed by atoms with E-state index in [4.69, 9.17) is 14.0 Å². The fourth-order valence-electron chi connectivity index (χ4n) is 3.75. The van der Waals surface area contributed by atoms with Crippen molar-refractivity contribution in [2.45, 2.75) is 12.8 Å². The molecule has 0 bridgehead atoms. The van der Waals surface area contributed by atoms with Gasteiger partial charge in [-0.25, -0.2) is 9.37 Å². The number of pyridine rings is 1. The second kappa shape index (κ2) is 8.35. The highest BCUT2D eigenvalue weighted by Crippen LogP contribution is 2.33. The van der Waals surface area contributed by atoms with Crippen LogP contribution in [-0.4, -0.2) is 53.8 Å². The number of rotatable bonds is 7. The molecule has 8 nitrogen and oxygen atoms in total. The molecule has 0 spiro atoms. The Morgan fingerprint density at radius 1 is 1.16 bits per heavy atom. The number of hydrogen-bond donors (Lipinski definition) is 1. The minimum Gasteiger partial charge on any atom is -0.488 e. The Morgan fingerprint density at radius 2 is 2.03 bits per heavy atom. The van der Waals surface area contributed by atoms with E-state index < -0.39 is 5.82 Å². The van der Waals surface area contributed by atoms with Crippen LogP contribution in [-0.2, 0) is 4.74 Å². The molecule has 160 valence electrons. The Kier molecular flexibility index (Phi) is 5.25. The van der Waals surface area contributed by atoms with E-state index in [1.54, 1.807) is 25.4 Å². The van der Waals surface area contributed by atoms with E-state index in [0.29, 0.717) is 34.7 Å². The molecular weight excluding hydrogens is 401 g/mol. The molecular formula is C22H22FN5O3. The molecule has 0 saturated carbocycles. The number of methoxy groups -OCH3 is 1. The third-order valence-corrected chi connectivity index (χ3v) is 5.38. The van der Waals surface area contributed by atoms with Gasteiger partial charge in [0.25, 0.3) is 0 Å². The van der Waals surface area contributed by atoms with Crippen molar-refractivity contribution in [1.82, 2.24) is 20.3 Å². The van der Waals surface area contributed by atoms with Gasteiger partial charge in [-0.05, 0) is 31.0 Å². The highest BCUT2D eigenvalue weighted by molar-refractivity contribution is 5.92. The van der Waals surface area contributed by atoms with Crippen LogP contribution < -0.4 is 9.64 Å². The van der Waals surface area contributed by atoms with Crippen LogP contribution in [0.4, 0.5) is 10.2 Å².